The molecule has 0 spiro atoms. The van der Waals surface area contributed by atoms with Crippen LogP contribution in [0, 0.1) is 0 Å². The molecule has 1 aliphatic heterocycles. The van der Waals surface area contributed by atoms with Gasteiger partial charge in [-0.3, -0.25) is 4.79 Å². The lowest BCUT2D eigenvalue weighted by Crippen LogP contribution is -2.45. The number of rotatable bonds is 3. The van der Waals surface area contributed by atoms with E-state index in [1.807, 2.05) is 0 Å². The lowest BCUT2D eigenvalue weighted by molar-refractivity contribution is 0.0287. The molecule has 0 aromatic heterocycles. The number of carbonyl (C=O) groups is 1. The van der Waals surface area contributed by atoms with Gasteiger partial charge in [-0.1, -0.05) is 29.3 Å². The van der Waals surface area contributed by atoms with Crippen molar-refractivity contribution in [1.29, 1.82) is 0 Å². The number of morpholine rings is 1. The highest BCUT2D eigenvalue weighted by Gasteiger charge is 2.18. The van der Waals surface area contributed by atoms with Gasteiger partial charge < -0.3 is 15.4 Å². The van der Waals surface area contributed by atoms with Crippen LogP contribution in [0.1, 0.15) is 10.4 Å². The van der Waals surface area contributed by atoms with E-state index in [1.165, 1.54) is 0 Å². The van der Waals surface area contributed by atoms with Gasteiger partial charge in [0, 0.05) is 19.6 Å². The van der Waals surface area contributed by atoms with Gasteiger partial charge in [0.2, 0.25) is 0 Å². The second-order valence-electron chi connectivity index (χ2n) is 4.00. The highest BCUT2D eigenvalue weighted by atomic mass is 35.5. The van der Waals surface area contributed by atoms with Gasteiger partial charge in [-0.25, -0.2) is 0 Å². The fourth-order valence-corrected chi connectivity index (χ4v) is 2.33. The molecule has 1 unspecified atom stereocenters. The number of ether oxygens (including phenoxy) is 1. The monoisotopic (exact) mass is 288 g/mol. The standard InChI is InChI=1S/C12H14Cl2N2O2/c13-9-2-1-3-10(14)11(9)12(17)16-7-8-6-15-4-5-18-8/h1-3,8,15H,4-7H2,(H,16,17). The number of benzene rings is 1. The van der Waals surface area contributed by atoms with Crippen LogP contribution < -0.4 is 10.6 Å². The second kappa shape index (κ2) is 6.38. The Morgan fingerprint density at radius 1 is 1.44 bits per heavy atom. The number of carbonyl (C=O) groups excluding carboxylic acids is 1. The molecule has 1 aromatic carbocycles. The van der Waals surface area contributed by atoms with Gasteiger partial charge in [0.05, 0.1) is 28.3 Å². The fraction of sp³-hybridized carbons (Fsp3) is 0.417. The first-order valence-electron chi connectivity index (χ1n) is 5.73. The van der Waals surface area contributed by atoms with E-state index < -0.39 is 0 Å². The van der Waals surface area contributed by atoms with E-state index in [1.54, 1.807) is 18.2 Å². The Labute approximate surface area is 116 Å². The van der Waals surface area contributed by atoms with Crippen LogP contribution >= 0.6 is 23.2 Å². The van der Waals surface area contributed by atoms with Crippen LogP contribution in [0.15, 0.2) is 18.2 Å². The molecule has 0 bridgehead atoms. The van der Waals surface area contributed by atoms with Crippen molar-refractivity contribution in [3.8, 4) is 0 Å². The molecule has 0 saturated carbocycles. The molecular formula is C12H14Cl2N2O2. The van der Waals surface area contributed by atoms with Gasteiger partial charge in [0.15, 0.2) is 0 Å². The van der Waals surface area contributed by atoms with Gasteiger partial charge in [0.1, 0.15) is 0 Å². The average Bonchev–Trinajstić information content (AvgIpc) is 2.37. The first-order chi connectivity index (χ1) is 8.68. The van der Waals surface area contributed by atoms with Crippen molar-refractivity contribution in [2.75, 3.05) is 26.2 Å². The van der Waals surface area contributed by atoms with E-state index >= 15 is 0 Å². The van der Waals surface area contributed by atoms with Crippen LogP contribution in [-0.2, 0) is 4.74 Å². The maximum absolute atomic E-state index is 12.0. The number of hydrogen-bond acceptors (Lipinski definition) is 3. The highest BCUT2D eigenvalue weighted by molar-refractivity contribution is 6.39. The summed E-state index contributed by atoms with van der Waals surface area (Å²) < 4.78 is 5.48. The summed E-state index contributed by atoms with van der Waals surface area (Å²) in [5.74, 6) is -0.278. The minimum absolute atomic E-state index is 0.0102. The molecule has 1 fully saturated rings. The van der Waals surface area contributed by atoms with E-state index in [4.69, 9.17) is 27.9 Å². The Hall–Kier alpha value is -0.810. The van der Waals surface area contributed by atoms with Crippen LogP contribution in [-0.4, -0.2) is 38.3 Å². The van der Waals surface area contributed by atoms with Crippen LogP contribution in [0.2, 0.25) is 10.0 Å². The lowest BCUT2D eigenvalue weighted by Gasteiger charge is -2.23. The summed E-state index contributed by atoms with van der Waals surface area (Å²) in [6.45, 7) is 2.68. The molecule has 1 atom stereocenters. The van der Waals surface area contributed by atoms with Crippen molar-refractivity contribution < 1.29 is 9.53 Å². The Bertz CT molecular complexity index is 414. The topological polar surface area (TPSA) is 50.4 Å². The second-order valence-corrected chi connectivity index (χ2v) is 4.82. The zero-order valence-electron chi connectivity index (χ0n) is 9.71. The molecule has 0 radical (unpaired) electrons. The molecule has 1 saturated heterocycles. The third-order valence-electron chi connectivity index (χ3n) is 2.68. The smallest absolute Gasteiger partial charge is 0.254 e. The van der Waals surface area contributed by atoms with Crippen LogP contribution in [0.4, 0.5) is 0 Å². The van der Waals surface area contributed by atoms with Crippen molar-refractivity contribution in [3.63, 3.8) is 0 Å². The Balaban J connectivity index is 1.95. The van der Waals surface area contributed by atoms with Crippen LogP contribution in [0.5, 0.6) is 0 Å². The molecule has 98 valence electrons. The summed E-state index contributed by atoms with van der Waals surface area (Å²) in [7, 11) is 0. The van der Waals surface area contributed by atoms with E-state index in [9.17, 15) is 4.79 Å². The number of amides is 1. The predicted octanol–water partition coefficient (Wildman–Crippen LogP) is 1.71. The molecule has 2 rings (SSSR count). The summed E-state index contributed by atoms with van der Waals surface area (Å²) in [4.78, 5) is 12.0. The van der Waals surface area contributed by atoms with Crippen molar-refractivity contribution in [1.82, 2.24) is 10.6 Å². The number of hydrogen-bond donors (Lipinski definition) is 2. The van der Waals surface area contributed by atoms with E-state index in [0.717, 1.165) is 13.1 Å². The summed E-state index contributed by atoms with van der Waals surface area (Å²) in [5, 5.41) is 6.67. The fourth-order valence-electron chi connectivity index (χ4n) is 1.76. The van der Waals surface area contributed by atoms with Crippen molar-refractivity contribution in [3.05, 3.63) is 33.8 Å². The number of nitrogens with one attached hydrogen (secondary N) is 2. The van der Waals surface area contributed by atoms with Gasteiger partial charge in [-0.2, -0.15) is 0 Å². The maximum Gasteiger partial charge on any atom is 0.254 e. The van der Waals surface area contributed by atoms with Crippen molar-refractivity contribution >= 4 is 29.1 Å². The van der Waals surface area contributed by atoms with Crippen molar-refractivity contribution in [2.24, 2.45) is 0 Å². The van der Waals surface area contributed by atoms with Crippen molar-refractivity contribution in [2.45, 2.75) is 6.10 Å². The minimum atomic E-state index is -0.278. The third kappa shape index (κ3) is 3.36. The Morgan fingerprint density at radius 2 is 2.17 bits per heavy atom. The maximum atomic E-state index is 12.0. The van der Waals surface area contributed by atoms with E-state index in [-0.39, 0.29) is 12.0 Å². The molecule has 6 heteroatoms. The zero-order chi connectivity index (χ0) is 13.0. The molecule has 0 aliphatic carbocycles. The molecule has 2 N–H and O–H groups in total. The molecule has 4 nitrogen and oxygen atoms in total. The van der Waals surface area contributed by atoms with Crippen LogP contribution in [0.3, 0.4) is 0 Å². The number of halogens is 2. The van der Waals surface area contributed by atoms with Gasteiger partial charge in [-0.05, 0) is 12.1 Å². The largest absolute Gasteiger partial charge is 0.374 e. The molecule has 1 amide bonds. The summed E-state index contributed by atoms with van der Waals surface area (Å²) >= 11 is 11.9. The van der Waals surface area contributed by atoms with Crippen LogP contribution in [0.25, 0.3) is 0 Å². The molecule has 1 aliphatic rings. The van der Waals surface area contributed by atoms with E-state index in [0.29, 0.717) is 28.8 Å². The molecule has 1 heterocycles. The van der Waals surface area contributed by atoms with Gasteiger partial charge >= 0.3 is 0 Å². The van der Waals surface area contributed by atoms with Gasteiger partial charge in [0.25, 0.3) is 5.91 Å². The molecule has 18 heavy (non-hydrogen) atoms. The quantitative estimate of drug-likeness (QED) is 0.890. The Morgan fingerprint density at radius 3 is 2.78 bits per heavy atom. The lowest BCUT2D eigenvalue weighted by atomic mass is 10.2. The van der Waals surface area contributed by atoms with Gasteiger partial charge in [-0.15, -0.1) is 0 Å². The minimum Gasteiger partial charge on any atom is -0.374 e. The zero-order valence-corrected chi connectivity index (χ0v) is 11.2. The SMILES string of the molecule is O=C(NCC1CNCCO1)c1c(Cl)cccc1Cl. The summed E-state index contributed by atoms with van der Waals surface area (Å²) in [6.07, 6.45) is -0.0102. The Kier molecular flexibility index (Phi) is 4.83. The molecule has 1 aromatic rings. The summed E-state index contributed by atoms with van der Waals surface area (Å²) in [6, 6.07) is 4.98. The summed E-state index contributed by atoms with van der Waals surface area (Å²) in [5.41, 5.74) is 0.310. The highest BCUT2D eigenvalue weighted by Crippen LogP contribution is 2.23. The first-order valence-corrected chi connectivity index (χ1v) is 6.48. The molecular weight excluding hydrogens is 275 g/mol. The third-order valence-corrected chi connectivity index (χ3v) is 3.31. The normalized spacial score (nSPS) is 19.6. The predicted molar refractivity (Wildman–Crippen MR) is 71.4 cm³/mol. The first kappa shape index (κ1) is 13.6. The average molecular weight is 289 g/mol. The van der Waals surface area contributed by atoms with E-state index in [2.05, 4.69) is 10.6 Å².